The second-order valence-corrected chi connectivity index (χ2v) is 8.11. The maximum absolute atomic E-state index is 13.9. The number of nitrogens with zero attached hydrogens (tertiary/aromatic N) is 1. The van der Waals surface area contributed by atoms with Crippen LogP contribution >= 0.6 is 11.3 Å². The zero-order valence-electron chi connectivity index (χ0n) is 15.4. The molecule has 1 amide bonds. The van der Waals surface area contributed by atoms with Crippen LogP contribution in [0.4, 0.5) is 10.1 Å². The van der Waals surface area contributed by atoms with E-state index in [1.54, 1.807) is 18.3 Å². The van der Waals surface area contributed by atoms with Gasteiger partial charge in [-0.1, -0.05) is 19.1 Å². The molecule has 0 atom stereocenters. The van der Waals surface area contributed by atoms with E-state index in [1.807, 2.05) is 18.3 Å². The number of nitrogens with one attached hydrogen (secondary N) is 1. The van der Waals surface area contributed by atoms with Crippen molar-refractivity contribution in [2.45, 2.75) is 39.5 Å². The van der Waals surface area contributed by atoms with Crippen molar-refractivity contribution in [3.05, 3.63) is 68.8 Å². The summed E-state index contributed by atoms with van der Waals surface area (Å²) in [6, 6.07) is 8.05. The second kappa shape index (κ2) is 7.24. The maximum Gasteiger partial charge on any atom is 0.258 e. The Morgan fingerprint density at radius 2 is 2.11 bits per heavy atom. The molecule has 0 spiro atoms. The van der Waals surface area contributed by atoms with Crippen molar-refractivity contribution in [1.82, 2.24) is 4.98 Å². The first-order valence-corrected chi connectivity index (χ1v) is 10.1. The molecule has 0 saturated carbocycles. The fourth-order valence-corrected chi connectivity index (χ4v) is 5.02. The monoisotopic (exact) mass is 380 g/mol. The van der Waals surface area contributed by atoms with Gasteiger partial charge in [0.25, 0.3) is 5.91 Å². The Balaban J connectivity index is 1.67. The number of hydrogen-bond acceptors (Lipinski definition) is 3. The molecule has 0 fully saturated rings. The predicted molar refractivity (Wildman–Crippen MR) is 108 cm³/mol. The number of hydrogen-bond donors (Lipinski definition) is 1. The van der Waals surface area contributed by atoms with Gasteiger partial charge < -0.3 is 5.32 Å². The zero-order chi connectivity index (χ0) is 19.0. The first-order chi connectivity index (χ1) is 13.1. The summed E-state index contributed by atoms with van der Waals surface area (Å²) in [5.41, 5.74) is 5.34. The Morgan fingerprint density at radius 3 is 2.89 bits per heavy atom. The number of anilines is 1. The number of thiophene rings is 1. The third-order valence-electron chi connectivity index (χ3n) is 5.09. The standard InChI is InChI=1S/C22H21FN2OS/c1-3-14-11-18(21-13(2)27-20-10-6-8-16(20)21)24-12-19(14)25-22(26)15-7-4-5-9-17(15)23/h4-5,7,9,11-12H,3,6,8,10H2,1-2H3,(H,25,26). The van der Waals surface area contributed by atoms with Gasteiger partial charge in [0.1, 0.15) is 5.82 Å². The number of rotatable bonds is 4. The van der Waals surface area contributed by atoms with E-state index in [1.165, 1.54) is 39.4 Å². The fraction of sp³-hybridized carbons (Fsp3) is 0.273. The van der Waals surface area contributed by atoms with E-state index >= 15 is 0 Å². The third kappa shape index (κ3) is 3.28. The number of carbonyl (C=O) groups is 1. The van der Waals surface area contributed by atoms with E-state index in [2.05, 4.69) is 23.3 Å². The molecule has 1 aliphatic rings. The average molecular weight is 380 g/mol. The van der Waals surface area contributed by atoms with Gasteiger partial charge in [0, 0.05) is 15.3 Å². The SMILES string of the molecule is CCc1cc(-c2c(C)sc3c2CCC3)ncc1NC(=O)c1ccccc1F. The summed E-state index contributed by atoms with van der Waals surface area (Å²) in [5, 5.41) is 2.82. The van der Waals surface area contributed by atoms with E-state index in [9.17, 15) is 9.18 Å². The molecule has 2 aromatic heterocycles. The van der Waals surface area contributed by atoms with Crippen molar-refractivity contribution in [2.75, 3.05) is 5.32 Å². The third-order valence-corrected chi connectivity index (χ3v) is 6.30. The van der Waals surface area contributed by atoms with Crippen LogP contribution in [-0.4, -0.2) is 10.9 Å². The lowest BCUT2D eigenvalue weighted by molar-refractivity contribution is 0.102. The van der Waals surface area contributed by atoms with Crippen LogP contribution in [0, 0.1) is 12.7 Å². The molecule has 3 aromatic rings. The quantitative estimate of drug-likeness (QED) is 0.644. The van der Waals surface area contributed by atoms with Crippen molar-refractivity contribution in [1.29, 1.82) is 0 Å². The van der Waals surface area contributed by atoms with E-state index < -0.39 is 11.7 Å². The lowest BCUT2D eigenvalue weighted by Gasteiger charge is -2.12. The molecule has 5 heteroatoms. The van der Waals surface area contributed by atoms with E-state index in [4.69, 9.17) is 0 Å². The molecule has 0 unspecified atom stereocenters. The second-order valence-electron chi connectivity index (χ2n) is 6.80. The molecule has 1 N–H and O–H groups in total. The largest absolute Gasteiger partial charge is 0.320 e. The van der Waals surface area contributed by atoms with Crippen molar-refractivity contribution in [3.8, 4) is 11.3 Å². The van der Waals surface area contributed by atoms with Crippen LogP contribution in [0.15, 0.2) is 36.5 Å². The number of halogens is 1. The van der Waals surface area contributed by atoms with Crippen LogP contribution in [0.3, 0.4) is 0 Å². The molecule has 0 saturated heterocycles. The van der Waals surface area contributed by atoms with Gasteiger partial charge in [-0.25, -0.2) is 4.39 Å². The topological polar surface area (TPSA) is 42.0 Å². The first kappa shape index (κ1) is 17.9. The molecule has 0 aliphatic heterocycles. The molecule has 1 aliphatic carbocycles. The van der Waals surface area contributed by atoms with Crippen LogP contribution in [-0.2, 0) is 19.3 Å². The number of benzene rings is 1. The maximum atomic E-state index is 13.9. The first-order valence-electron chi connectivity index (χ1n) is 9.24. The number of fused-ring (bicyclic) bond motifs is 1. The number of carbonyl (C=O) groups excluding carboxylic acids is 1. The molecule has 3 nitrogen and oxygen atoms in total. The van der Waals surface area contributed by atoms with Gasteiger partial charge >= 0.3 is 0 Å². The smallest absolute Gasteiger partial charge is 0.258 e. The van der Waals surface area contributed by atoms with Crippen LogP contribution in [0.2, 0.25) is 0 Å². The normalized spacial score (nSPS) is 12.9. The van der Waals surface area contributed by atoms with Crippen LogP contribution in [0.1, 0.15) is 44.6 Å². The molecule has 2 heterocycles. The highest BCUT2D eigenvalue weighted by Crippen LogP contribution is 2.41. The number of pyridine rings is 1. The molecule has 27 heavy (non-hydrogen) atoms. The van der Waals surface area contributed by atoms with Gasteiger partial charge in [-0.15, -0.1) is 11.3 Å². The van der Waals surface area contributed by atoms with Gasteiger partial charge in [-0.2, -0.15) is 0 Å². The summed E-state index contributed by atoms with van der Waals surface area (Å²) in [6.07, 6.45) is 5.95. The van der Waals surface area contributed by atoms with E-state index in [0.717, 1.165) is 30.5 Å². The van der Waals surface area contributed by atoms with Crippen molar-refractivity contribution >= 4 is 22.9 Å². The summed E-state index contributed by atoms with van der Waals surface area (Å²) in [6.45, 7) is 4.20. The van der Waals surface area contributed by atoms with Gasteiger partial charge in [0.2, 0.25) is 0 Å². The van der Waals surface area contributed by atoms with Crippen LogP contribution in [0.5, 0.6) is 0 Å². The summed E-state index contributed by atoms with van der Waals surface area (Å²) in [7, 11) is 0. The highest BCUT2D eigenvalue weighted by atomic mass is 32.1. The van der Waals surface area contributed by atoms with Gasteiger partial charge in [-0.3, -0.25) is 9.78 Å². The number of aryl methyl sites for hydroxylation is 3. The molecule has 1 aromatic carbocycles. The zero-order valence-corrected chi connectivity index (χ0v) is 16.3. The lowest BCUT2D eigenvalue weighted by atomic mass is 10.0. The van der Waals surface area contributed by atoms with Crippen molar-refractivity contribution in [2.24, 2.45) is 0 Å². The number of amides is 1. The number of aromatic nitrogens is 1. The summed E-state index contributed by atoms with van der Waals surface area (Å²) in [5.74, 6) is -0.980. The minimum Gasteiger partial charge on any atom is -0.320 e. The molecule has 138 valence electrons. The Hall–Kier alpha value is -2.53. The van der Waals surface area contributed by atoms with Gasteiger partial charge in [-0.05, 0) is 61.9 Å². The minimum atomic E-state index is -0.526. The summed E-state index contributed by atoms with van der Waals surface area (Å²) >= 11 is 1.87. The lowest BCUT2D eigenvalue weighted by Crippen LogP contribution is -2.15. The van der Waals surface area contributed by atoms with E-state index in [-0.39, 0.29) is 5.56 Å². The Kier molecular flexibility index (Phi) is 4.79. The predicted octanol–water partition coefficient (Wildman–Crippen LogP) is 5.56. The van der Waals surface area contributed by atoms with Crippen LogP contribution < -0.4 is 5.32 Å². The minimum absolute atomic E-state index is 0.0372. The van der Waals surface area contributed by atoms with Crippen molar-refractivity contribution < 1.29 is 9.18 Å². The highest BCUT2D eigenvalue weighted by molar-refractivity contribution is 7.12. The summed E-state index contributed by atoms with van der Waals surface area (Å²) in [4.78, 5) is 19.9. The molecular weight excluding hydrogens is 359 g/mol. The molecule has 4 rings (SSSR count). The van der Waals surface area contributed by atoms with E-state index in [0.29, 0.717) is 5.69 Å². The Labute approximate surface area is 162 Å². The van der Waals surface area contributed by atoms with Crippen LogP contribution in [0.25, 0.3) is 11.3 Å². The van der Waals surface area contributed by atoms with Crippen molar-refractivity contribution in [3.63, 3.8) is 0 Å². The highest BCUT2D eigenvalue weighted by Gasteiger charge is 2.22. The molecule has 0 bridgehead atoms. The van der Waals surface area contributed by atoms with Gasteiger partial charge in [0.05, 0.1) is 23.1 Å². The molecule has 0 radical (unpaired) electrons. The Morgan fingerprint density at radius 1 is 1.30 bits per heavy atom. The average Bonchev–Trinajstić information content (AvgIpc) is 3.22. The van der Waals surface area contributed by atoms with Gasteiger partial charge in [0.15, 0.2) is 0 Å². The fourth-order valence-electron chi connectivity index (χ4n) is 3.75. The Bertz CT molecular complexity index is 1030. The summed E-state index contributed by atoms with van der Waals surface area (Å²) < 4.78 is 13.9. The molecular formula is C22H21FN2OS.